The molecule has 0 spiro atoms. The molecule has 0 atom stereocenters. The van der Waals surface area contributed by atoms with Gasteiger partial charge in [-0.1, -0.05) is 6.08 Å². The number of nitrogens with zero attached hydrogens (tertiary/aromatic N) is 2. The highest BCUT2D eigenvalue weighted by Gasteiger charge is 2.35. The number of hydrazine groups is 1. The van der Waals surface area contributed by atoms with Crippen molar-refractivity contribution in [2.45, 2.75) is 0 Å². The van der Waals surface area contributed by atoms with Gasteiger partial charge in [-0.05, 0) is 18.2 Å². The molecule has 0 unspecified atom stereocenters. The van der Waals surface area contributed by atoms with E-state index in [-0.39, 0.29) is 29.8 Å². The number of piperazine rings is 1. The van der Waals surface area contributed by atoms with Crippen LogP contribution in [0, 0.1) is 0 Å². The fraction of sp³-hybridized carbons (Fsp3) is 0.353. The van der Waals surface area contributed by atoms with Crippen molar-refractivity contribution in [2.75, 3.05) is 39.8 Å². The van der Waals surface area contributed by atoms with Gasteiger partial charge in [0.2, 0.25) is 0 Å². The van der Waals surface area contributed by atoms with Crippen molar-refractivity contribution in [3.63, 3.8) is 0 Å². The number of quaternary nitrogens is 1. The van der Waals surface area contributed by atoms with E-state index in [0.717, 1.165) is 31.1 Å². The Bertz CT molecular complexity index is 708. The summed E-state index contributed by atoms with van der Waals surface area (Å²) < 4.78 is 0. The second kappa shape index (κ2) is 6.54. The Morgan fingerprint density at radius 2 is 1.92 bits per heavy atom. The summed E-state index contributed by atoms with van der Waals surface area (Å²) in [5.41, 5.74) is 3.85. The molecule has 1 aromatic rings. The topological polar surface area (TPSA) is 74.2 Å². The number of rotatable bonds is 4. The first-order valence-corrected chi connectivity index (χ1v) is 7.99. The SMILES string of the molecule is C=CCN1C(=O)c2ccc(C(=O)NN3CC[NH+](C)CC3)cc2C1=O. The third kappa shape index (κ3) is 2.95. The summed E-state index contributed by atoms with van der Waals surface area (Å²) in [6, 6.07) is 4.62. The van der Waals surface area contributed by atoms with Crippen LogP contribution in [-0.2, 0) is 0 Å². The van der Waals surface area contributed by atoms with Crippen LogP contribution >= 0.6 is 0 Å². The number of nitrogens with one attached hydrogen (secondary N) is 2. The Balaban J connectivity index is 1.75. The maximum absolute atomic E-state index is 12.4. The lowest BCUT2D eigenvalue weighted by atomic mass is 10.1. The molecular formula is C17H21N4O3+. The number of likely N-dealkylation sites (N-methyl/N-ethyl adjacent to an activating group) is 1. The molecule has 2 heterocycles. The van der Waals surface area contributed by atoms with E-state index in [2.05, 4.69) is 19.1 Å². The van der Waals surface area contributed by atoms with E-state index in [1.165, 1.54) is 17.0 Å². The van der Waals surface area contributed by atoms with Crippen LogP contribution in [0.2, 0.25) is 0 Å². The third-order valence-electron chi connectivity index (χ3n) is 4.42. The van der Waals surface area contributed by atoms with Gasteiger partial charge in [0.25, 0.3) is 17.7 Å². The molecule has 2 aliphatic heterocycles. The van der Waals surface area contributed by atoms with Gasteiger partial charge in [-0.3, -0.25) is 24.7 Å². The Morgan fingerprint density at radius 1 is 1.25 bits per heavy atom. The first-order valence-electron chi connectivity index (χ1n) is 7.99. The lowest BCUT2D eigenvalue weighted by molar-refractivity contribution is -0.884. The molecule has 1 saturated heterocycles. The second-order valence-corrected chi connectivity index (χ2v) is 6.16. The number of hydrogen-bond donors (Lipinski definition) is 2. The number of amides is 3. The van der Waals surface area contributed by atoms with Gasteiger partial charge < -0.3 is 4.90 Å². The largest absolute Gasteiger partial charge is 0.335 e. The average Bonchev–Trinajstić information content (AvgIpc) is 2.82. The number of imide groups is 1. The van der Waals surface area contributed by atoms with Gasteiger partial charge in [-0.15, -0.1) is 6.58 Å². The van der Waals surface area contributed by atoms with Crippen LogP contribution in [0.15, 0.2) is 30.9 Å². The minimum absolute atomic E-state index is 0.164. The lowest BCUT2D eigenvalue weighted by Gasteiger charge is -2.30. The van der Waals surface area contributed by atoms with E-state index >= 15 is 0 Å². The van der Waals surface area contributed by atoms with Crippen LogP contribution in [0.25, 0.3) is 0 Å². The number of fused-ring (bicyclic) bond motifs is 1. The summed E-state index contributed by atoms with van der Waals surface area (Å²) in [5.74, 6) is -0.989. The third-order valence-corrected chi connectivity index (χ3v) is 4.42. The molecular weight excluding hydrogens is 308 g/mol. The lowest BCUT2D eigenvalue weighted by Crippen LogP contribution is -3.12. The minimum atomic E-state index is -0.382. The number of hydrogen-bond acceptors (Lipinski definition) is 4. The van der Waals surface area contributed by atoms with Crippen molar-refractivity contribution < 1.29 is 19.3 Å². The molecule has 0 aliphatic carbocycles. The highest BCUT2D eigenvalue weighted by molar-refractivity contribution is 6.22. The molecule has 0 saturated carbocycles. The van der Waals surface area contributed by atoms with Gasteiger partial charge in [-0.2, -0.15) is 0 Å². The molecule has 126 valence electrons. The average molecular weight is 329 g/mol. The fourth-order valence-electron chi connectivity index (χ4n) is 2.94. The number of carbonyl (C=O) groups excluding carboxylic acids is 3. The van der Waals surface area contributed by atoms with Gasteiger partial charge >= 0.3 is 0 Å². The van der Waals surface area contributed by atoms with E-state index in [4.69, 9.17) is 0 Å². The van der Waals surface area contributed by atoms with Crippen molar-refractivity contribution in [1.82, 2.24) is 15.3 Å². The summed E-state index contributed by atoms with van der Waals surface area (Å²) in [7, 11) is 2.12. The van der Waals surface area contributed by atoms with Crippen molar-refractivity contribution >= 4 is 17.7 Å². The van der Waals surface area contributed by atoms with Gasteiger partial charge in [-0.25, -0.2) is 5.01 Å². The predicted octanol–water partition coefficient (Wildman–Crippen LogP) is -1.06. The second-order valence-electron chi connectivity index (χ2n) is 6.16. The minimum Gasteiger partial charge on any atom is -0.335 e. The van der Waals surface area contributed by atoms with Crippen LogP contribution in [0.3, 0.4) is 0 Å². The molecule has 7 heteroatoms. The summed E-state index contributed by atoms with van der Waals surface area (Å²) in [4.78, 5) is 39.4. The van der Waals surface area contributed by atoms with Crippen molar-refractivity contribution in [1.29, 1.82) is 0 Å². The van der Waals surface area contributed by atoms with Crippen molar-refractivity contribution in [2.24, 2.45) is 0 Å². The fourth-order valence-corrected chi connectivity index (χ4v) is 2.94. The molecule has 0 radical (unpaired) electrons. The molecule has 0 aromatic heterocycles. The molecule has 24 heavy (non-hydrogen) atoms. The number of carbonyl (C=O) groups is 3. The van der Waals surface area contributed by atoms with Crippen LogP contribution < -0.4 is 10.3 Å². The van der Waals surface area contributed by atoms with Crippen LogP contribution in [0.4, 0.5) is 0 Å². The zero-order valence-electron chi connectivity index (χ0n) is 13.7. The maximum Gasteiger partial charge on any atom is 0.265 e. The summed E-state index contributed by atoms with van der Waals surface area (Å²) >= 11 is 0. The Hall–Kier alpha value is -2.51. The summed E-state index contributed by atoms with van der Waals surface area (Å²) in [6.45, 7) is 7.22. The van der Waals surface area contributed by atoms with Crippen LogP contribution in [0.5, 0.6) is 0 Å². The van der Waals surface area contributed by atoms with E-state index in [0.29, 0.717) is 11.1 Å². The van der Waals surface area contributed by atoms with E-state index < -0.39 is 0 Å². The molecule has 2 N–H and O–H groups in total. The first-order chi connectivity index (χ1) is 11.5. The summed E-state index contributed by atoms with van der Waals surface area (Å²) in [5, 5.41) is 1.89. The molecule has 3 rings (SSSR count). The molecule has 1 aromatic carbocycles. The van der Waals surface area contributed by atoms with Gasteiger partial charge in [0.15, 0.2) is 0 Å². The number of benzene rings is 1. The Kier molecular flexibility index (Phi) is 4.46. The van der Waals surface area contributed by atoms with E-state index in [1.54, 1.807) is 12.1 Å². The smallest absolute Gasteiger partial charge is 0.265 e. The van der Waals surface area contributed by atoms with Crippen LogP contribution in [0.1, 0.15) is 31.1 Å². The van der Waals surface area contributed by atoms with Crippen molar-refractivity contribution in [3.8, 4) is 0 Å². The molecule has 3 amide bonds. The Labute approximate surface area is 140 Å². The highest BCUT2D eigenvalue weighted by atomic mass is 16.2. The monoisotopic (exact) mass is 329 g/mol. The maximum atomic E-state index is 12.4. The quantitative estimate of drug-likeness (QED) is 0.546. The van der Waals surface area contributed by atoms with Crippen molar-refractivity contribution in [3.05, 3.63) is 47.5 Å². The highest BCUT2D eigenvalue weighted by Crippen LogP contribution is 2.23. The summed E-state index contributed by atoms with van der Waals surface area (Å²) in [6.07, 6.45) is 1.50. The van der Waals surface area contributed by atoms with Gasteiger partial charge in [0, 0.05) is 12.1 Å². The normalized spacial score (nSPS) is 18.6. The molecule has 0 bridgehead atoms. The van der Waals surface area contributed by atoms with Gasteiger partial charge in [0.05, 0.1) is 44.4 Å². The van der Waals surface area contributed by atoms with Crippen LogP contribution in [-0.4, -0.2) is 67.4 Å². The molecule has 7 nitrogen and oxygen atoms in total. The van der Waals surface area contributed by atoms with E-state index in [1.807, 2.05) is 5.01 Å². The van der Waals surface area contributed by atoms with E-state index in [9.17, 15) is 14.4 Å². The van der Waals surface area contributed by atoms with Gasteiger partial charge in [0.1, 0.15) is 0 Å². The molecule has 2 aliphatic rings. The standard InChI is InChI=1S/C17H20N4O3/c1-3-6-21-16(23)13-5-4-12(11-14(13)17(21)24)15(22)18-20-9-7-19(2)8-10-20/h3-5,11H,1,6-10H2,2H3,(H,18,22)/p+1. The molecule has 1 fully saturated rings. The predicted molar refractivity (Wildman–Crippen MR) is 87.7 cm³/mol. The first kappa shape index (κ1) is 16.4. The zero-order valence-corrected chi connectivity index (χ0v) is 13.7. The zero-order chi connectivity index (χ0) is 17.3. The Morgan fingerprint density at radius 3 is 2.58 bits per heavy atom.